The van der Waals surface area contributed by atoms with Gasteiger partial charge >= 0.3 is 5.97 Å². The summed E-state index contributed by atoms with van der Waals surface area (Å²) in [7, 11) is 3.02. The van der Waals surface area contributed by atoms with Crippen molar-refractivity contribution in [2.75, 3.05) is 38.8 Å². The van der Waals surface area contributed by atoms with E-state index < -0.39 is 5.97 Å². The fourth-order valence-electron chi connectivity index (χ4n) is 4.14. The van der Waals surface area contributed by atoms with Crippen molar-refractivity contribution < 1.29 is 23.4 Å². The van der Waals surface area contributed by atoms with Crippen molar-refractivity contribution in [1.29, 1.82) is 0 Å². The van der Waals surface area contributed by atoms with E-state index in [1.807, 2.05) is 18.2 Å². The van der Waals surface area contributed by atoms with E-state index in [-0.39, 0.29) is 6.04 Å². The molecule has 0 aliphatic carbocycles. The van der Waals surface area contributed by atoms with E-state index in [2.05, 4.69) is 24.1 Å². The summed E-state index contributed by atoms with van der Waals surface area (Å²) in [4.78, 5) is 18.9. The number of ether oxygens (including phenoxy) is 3. The average molecular weight is 468 g/mol. The van der Waals surface area contributed by atoms with Gasteiger partial charge in [0.15, 0.2) is 17.1 Å². The summed E-state index contributed by atoms with van der Waals surface area (Å²) in [5, 5.41) is 3.42. The van der Waals surface area contributed by atoms with Crippen LogP contribution in [0.5, 0.6) is 11.5 Å². The van der Waals surface area contributed by atoms with E-state index in [1.54, 1.807) is 25.3 Å². The molecule has 4 rings (SSSR count). The molecular formula is C26H33N3O5. The molecule has 182 valence electrons. The normalized spacial score (nSPS) is 14.4. The zero-order valence-corrected chi connectivity index (χ0v) is 20.3. The first-order valence-electron chi connectivity index (χ1n) is 11.7. The van der Waals surface area contributed by atoms with Crippen LogP contribution in [0.1, 0.15) is 42.6 Å². The van der Waals surface area contributed by atoms with Crippen LogP contribution in [0.15, 0.2) is 40.8 Å². The molecule has 1 aliphatic rings. The Morgan fingerprint density at radius 1 is 1.15 bits per heavy atom. The summed E-state index contributed by atoms with van der Waals surface area (Å²) in [5.74, 6) is 1.46. The van der Waals surface area contributed by atoms with Crippen molar-refractivity contribution in [3.05, 3.63) is 47.5 Å². The quantitative estimate of drug-likeness (QED) is 0.463. The van der Waals surface area contributed by atoms with Crippen LogP contribution in [-0.2, 0) is 11.3 Å². The van der Waals surface area contributed by atoms with Gasteiger partial charge in [-0.15, -0.1) is 0 Å². The summed E-state index contributed by atoms with van der Waals surface area (Å²) in [5.41, 5.74) is 2.79. The fraction of sp³-hybridized carbons (Fsp3) is 0.462. The van der Waals surface area contributed by atoms with Crippen molar-refractivity contribution in [2.45, 2.75) is 39.3 Å². The van der Waals surface area contributed by atoms with Crippen LogP contribution in [0.4, 0.5) is 6.01 Å². The first kappa shape index (κ1) is 23.9. The molecule has 2 aromatic carbocycles. The molecule has 8 nitrogen and oxygen atoms in total. The highest BCUT2D eigenvalue weighted by atomic mass is 16.5. The maximum absolute atomic E-state index is 11.9. The van der Waals surface area contributed by atoms with Gasteiger partial charge < -0.3 is 28.8 Å². The molecule has 0 bridgehead atoms. The highest BCUT2D eigenvalue weighted by Crippen LogP contribution is 2.32. The second kappa shape index (κ2) is 10.8. The lowest BCUT2D eigenvalue weighted by atomic mass is 10.0. The number of fused-ring (bicyclic) bond motifs is 1. The molecule has 0 saturated carbocycles. The average Bonchev–Trinajstić information content (AvgIpc) is 3.29. The number of rotatable bonds is 9. The van der Waals surface area contributed by atoms with E-state index >= 15 is 0 Å². The predicted molar refractivity (Wildman–Crippen MR) is 131 cm³/mol. The highest BCUT2D eigenvalue weighted by molar-refractivity contribution is 5.93. The molecule has 8 heteroatoms. The number of piperidine rings is 1. The minimum absolute atomic E-state index is 0.275. The van der Waals surface area contributed by atoms with Gasteiger partial charge in [-0.1, -0.05) is 19.9 Å². The second-order valence-corrected chi connectivity index (χ2v) is 8.97. The topological polar surface area (TPSA) is 86.1 Å². The Bertz CT molecular complexity index is 1120. The third-order valence-corrected chi connectivity index (χ3v) is 5.95. The lowest BCUT2D eigenvalue weighted by molar-refractivity contribution is 0.0600. The van der Waals surface area contributed by atoms with Gasteiger partial charge in [0, 0.05) is 12.6 Å². The fourth-order valence-corrected chi connectivity index (χ4v) is 4.14. The molecule has 1 aromatic heterocycles. The standard InChI is InChI=1S/C26H33N3O5/c1-17(2)16-33-24-13-18(5-8-22(24)31-3)15-29(20-9-11-27-12-10-20)26-28-21-7-6-19(25(30)32-4)14-23(21)34-26/h5-8,13-14,17,20,27H,9-12,15-16H2,1-4H3. The van der Waals surface area contributed by atoms with Crippen LogP contribution in [0.3, 0.4) is 0 Å². The Morgan fingerprint density at radius 3 is 2.65 bits per heavy atom. The van der Waals surface area contributed by atoms with Gasteiger partial charge in [-0.25, -0.2) is 4.79 Å². The molecule has 1 saturated heterocycles. The van der Waals surface area contributed by atoms with Gasteiger partial charge in [0.25, 0.3) is 6.01 Å². The molecule has 1 N–H and O–H groups in total. The van der Waals surface area contributed by atoms with E-state index in [4.69, 9.17) is 23.6 Å². The maximum atomic E-state index is 11.9. The van der Waals surface area contributed by atoms with Crippen molar-refractivity contribution in [3.8, 4) is 11.5 Å². The summed E-state index contributed by atoms with van der Waals surface area (Å²) >= 11 is 0. The Balaban J connectivity index is 1.66. The Morgan fingerprint density at radius 2 is 1.94 bits per heavy atom. The number of hydrogen-bond acceptors (Lipinski definition) is 8. The van der Waals surface area contributed by atoms with Crippen LogP contribution in [-0.4, -0.2) is 50.9 Å². The van der Waals surface area contributed by atoms with Crippen molar-refractivity contribution in [2.24, 2.45) is 5.92 Å². The zero-order chi connectivity index (χ0) is 24.1. The molecule has 1 fully saturated rings. The molecule has 0 atom stereocenters. The van der Waals surface area contributed by atoms with Crippen LogP contribution in [0.25, 0.3) is 11.1 Å². The van der Waals surface area contributed by atoms with Crippen LogP contribution in [0, 0.1) is 5.92 Å². The van der Waals surface area contributed by atoms with Gasteiger partial charge in [-0.05, 0) is 67.7 Å². The summed E-state index contributed by atoms with van der Waals surface area (Å²) in [6, 6.07) is 12.0. The first-order chi connectivity index (χ1) is 16.5. The minimum Gasteiger partial charge on any atom is -0.493 e. The maximum Gasteiger partial charge on any atom is 0.337 e. The SMILES string of the molecule is COC(=O)c1ccc2nc(N(Cc3ccc(OC)c(OCC(C)C)c3)C3CCNCC3)oc2c1. The van der Waals surface area contributed by atoms with E-state index in [0.29, 0.717) is 41.7 Å². The van der Waals surface area contributed by atoms with Crippen LogP contribution in [0.2, 0.25) is 0 Å². The largest absolute Gasteiger partial charge is 0.493 e. The minimum atomic E-state index is -0.401. The number of benzene rings is 2. The molecular weight excluding hydrogens is 434 g/mol. The number of carbonyl (C=O) groups excluding carboxylic acids is 1. The van der Waals surface area contributed by atoms with E-state index in [1.165, 1.54) is 7.11 Å². The summed E-state index contributed by atoms with van der Waals surface area (Å²) in [6.45, 7) is 7.36. The first-order valence-corrected chi connectivity index (χ1v) is 11.7. The van der Waals surface area contributed by atoms with Gasteiger partial charge in [0.05, 0.1) is 26.4 Å². The number of anilines is 1. The Labute approximate surface area is 200 Å². The number of carbonyl (C=O) groups is 1. The van der Waals surface area contributed by atoms with Gasteiger partial charge in [-0.3, -0.25) is 0 Å². The molecule has 34 heavy (non-hydrogen) atoms. The Kier molecular flexibility index (Phi) is 7.57. The second-order valence-electron chi connectivity index (χ2n) is 8.97. The number of oxazole rings is 1. The zero-order valence-electron chi connectivity index (χ0n) is 20.3. The molecule has 0 spiro atoms. The van der Waals surface area contributed by atoms with Gasteiger partial charge in [0.1, 0.15) is 5.52 Å². The predicted octanol–water partition coefficient (Wildman–Crippen LogP) is 4.42. The Hall–Kier alpha value is -3.26. The number of aromatic nitrogens is 1. The molecule has 0 amide bonds. The highest BCUT2D eigenvalue weighted by Gasteiger charge is 2.26. The number of nitrogens with one attached hydrogen (secondary N) is 1. The van der Waals surface area contributed by atoms with Gasteiger partial charge in [0.2, 0.25) is 0 Å². The molecule has 0 radical (unpaired) electrons. The lowest BCUT2D eigenvalue weighted by Crippen LogP contribution is -2.43. The smallest absolute Gasteiger partial charge is 0.337 e. The lowest BCUT2D eigenvalue weighted by Gasteiger charge is -2.33. The molecule has 3 aromatic rings. The number of esters is 1. The molecule has 2 heterocycles. The van der Waals surface area contributed by atoms with Crippen molar-refractivity contribution in [3.63, 3.8) is 0 Å². The van der Waals surface area contributed by atoms with Crippen LogP contribution < -0.4 is 19.7 Å². The van der Waals surface area contributed by atoms with E-state index in [9.17, 15) is 4.79 Å². The molecule has 0 unspecified atom stereocenters. The molecule has 1 aliphatic heterocycles. The summed E-state index contributed by atoms with van der Waals surface area (Å²) in [6.07, 6.45) is 1.97. The summed E-state index contributed by atoms with van der Waals surface area (Å²) < 4.78 is 22.5. The van der Waals surface area contributed by atoms with Crippen molar-refractivity contribution in [1.82, 2.24) is 10.3 Å². The monoisotopic (exact) mass is 467 g/mol. The van der Waals surface area contributed by atoms with Crippen molar-refractivity contribution >= 4 is 23.1 Å². The number of methoxy groups -OCH3 is 2. The van der Waals surface area contributed by atoms with Crippen LogP contribution >= 0.6 is 0 Å². The third-order valence-electron chi connectivity index (χ3n) is 5.95. The third kappa shape index (κ3) is 5.44. The number of hydrogen-bond donors (Lipinski definition) is 1. The van der Waals surface area contributed by atoms with E-state index in [0.717, 1.165) is 43.0 Å². The van der Waals surface area contributed by atoms with Gasteiger partial charge in [-0.2, -0.15) is 4.98 Å². The number of nitrogens with zero attached hydrogens (tertiary/aromatic N) is 2.